The first-order chi connectivity index (χ1) is 12.6. The topological polar surface area (TPSA) is 92.1 Å². The monoisotopic (exact) mass is 348 g/mol. The molecule has 6 heteroatoms. The fourth-order valence-electron chi connectivity index (χ4n) is 3.52. The Hall–Kier alpha value is -3.15. The number of fused-ring (bicyclic) bond motifs is 1. The van der Waals surface area contributed by atoms with Gasteiger partial charge in [0.25, 0.3) is 5.91 Å². The first-order valence-corrected chi connectivity index (χ1v) is 8.74. The number of likely N-dealkylation sites (tertiary alicyclic amines) is 1. The number of primary amides is 1. The summed E-state index contributed by atoms with van der Waals surface area (Å²) < 4.78 is 0. The summed E-state index contributed by atoms with van der Waals surface area (Å²) in [6, 6.07) is 13.6. The van der Waals surface area contributed by atoms with Crippen LogP contribution in [0.2, 0.25) is 0 Å². The van der Waals surface area contributed by atoms with Gasteiger partial charge in [0.1, 0.15) is 0 Å². The van der Waals surface area contributed by atoms with Crippen molar-refractivity contribution in [3.8, 4) is 11.1 Å². The Labute approximate surface area is 151 Å². The fraction of sp³-hybridized carbons (Fsp3) is 0.250. The van der Waals surface area contributed by atoms with Gasteiger partial charge in [-0.05, 0) is 48.2 Å². The molecular formula is C20H20N4O2. The Kier molecular flexibility index (Phi) is 4.16. The summed E-state index contributed by atoms with van der Waals surface area (Å²) in [7, 11) is 0. The standard InChI is InChI=1S/C20H20N4O2/c21-19(25)16-5-2-8-24(11-16)20(26)15-4-1-3-13(9-15)14-6-7-17-18(10-14)23-12-22-17/h1,3-4,6-7,9-10,12,16H,2,5,8,11H2,(H2,21,25)(H,22,23). The molecule has 6 nitrogen and oxygen atoms in total. The highest BCUT2D eigenvalue weighted by molar-refractivity contribution is 5.96. The Morgan fingerprint density at radius 3 is 2.85 bits per heavy atom. The summed E-state index contributed by atoms with van der Waals surface area (Å²) in [5, 5.41) is 0. The van der Waals surface area contributed by atoms with Gasteiger partial charge in [-0.2, -0.15) is 0 Å². The predicted molar refractivity (Wildman–Crippen MR) is 99.4 cm³/mol. The zero-order valence-electron chi connectivity index (χ0n) is 14.3. The van der Waals surface area contributed by atoms with E-state index < -0.39 is 0 Å². The maximum Gasteiger partial charge on any atom is 0.253 e. The van der Waals surface area contributed by atoms with Gasteiger partial charge in [-0.1, -0.05) is 18.2 Å². The SMILES string of the molecule is NC(=O)C1CCCN(C(=O)c2cccc(-c3ccc4nc[nH]c4c3)c2)C1. The molecule has 2 amide bonds. The van der Waals surface area contributed by atoms with Crippen molar-refractivity contribution < 1.29 is 9.59 Å². The highest BCUT2D eigenvalue weighted by Crippen LogP contribution is 2.25. The average molecular weight is 348 g/mol. The Balaban J connectivity index is 1.60. The van der Waals surface area contributed by atoms with E-state index >= 15 is 0 Å². The smallest absolute Gasteiger partial charge is 0.253 e. The summed E-state index contributed by atoms with van der Waals surface area (Å²) in [5.41, 5.74) is 9.90. The number of H-pyrrole nitrogens is 1. The molecule has 1 fully saturated rings. The van der Waals surface area contributed by atoms with E-state index in [-0.39, 0.29) is 17.7 Å². The summed E-state index contributed by atoms with van der Waals surface area (Å²) in [6.07, 6.45) is 3.22. The third-order valence-electron chi connectivity index (χ3n) is 4.97. The summed E-state index contributed by atoms with van der Waals surface area (Å²) in [6.45, 7) is 1.06. The Morgan fingerprint density at radius 1 is 1.15 bits per heavy atom. The maximum atomic E-state index is 12.9. The number of aromatic amines is 1. The van der Waals surface area contributed by atoms with Crippen LogP contribution in [0.15, 0.2) is 48.8 Å². The number of rotatable bonds is 3. The van der Waals surface area contributed by atoms with Gasteiger partial charge in [-0.15, -0.1) is 0 Å². The molecule has 1 aromatic heterocycles. The summed E-state index contributed by atoms with van der Waals surface area (Å²) in [5.74, 6) is -0.636. The number of aromatic nitrogens is 2. The lowest BCUT2D eigenvalue weighted by Gasteiger charge is -2.31. The number of imidazole rings is 1. The van der Waals surface area contributed by atoms with E-state index in [0.717, 1.165) is 35.0 Å². The van der Waals surface area contributed by atoms with Crippen molar-refractivity contribution in [3.63, 3.8) is 0 Å². The van der Waals surface area contributed by atoms with Crippen LogP contribution < -0.4 is 5.73 Å². The molecule has 0 radical (unpaired) electrons. The van der Waals surface area contributed by atoms with E-state index in [2.05, 4.69) is 9.97 Å². The summed E-state index contributed by atoms with van der Waals surface area (Å²) in [4.78, 5) is 33.4. The molecule has 2 heterocycles. The quantitative estimate of drug-likeness (QED) is 0.762. The first kappa shape index (κ1) is 16.3. The molecule has 3 aromatic rings. The number of carbonyl (C=O) groups excluding carboxylic acids is 2. The number of carbonyl (C=O) groups is 2. The fourth-order valence-corrected chi connectivity index (χ4v) is 3.52. The lowest BCUT2D eigenvalue weighted by atomic mass is 9.96. The average Bonchev–Trinajstić information content (AvgIpc) is 3.15. The van der Waals surface area contributed by atoms with Crippen molar-refractivity contribution in [3.05, 3.63) is 54.4 Å². The van der Waals surface area contributed by atoms with Crippen molar-refractivity contribution in [2.45, 2.75) is 12.8 Å². The Morgan fingerprint density at radius 2 is 2.00 bits per heavy atom. The molecule has 4 rings (SSSR count). The number of hydrogen-bond acceptors (Lipinski definition) is 3. The maximum absolute atomic E-state index is 12.9. The van der Waals surface area contributed by atoms with E-state index in [1.54, 1.807) is 11.2 Å². The van der Waals surface area contributed by atoms with Crippen LogP contribution in [0.1, 0.15) is 23.2 Å². The number of hydrogen-bond donors (Lipinski definition) is 2. The second-order valence-electron chi connectivity index (χ2n) is 6.71. The van der Waals surface area contributed by atoms with Crippen molar-refractivity contribution >= 4 is 22.8 Å². The van der Waals surface area contributed by atoms with Gasteiger partial charge in [-0.25, -0.2) is 4.98 Å². The van der Waals surface area contributed by atoms with E-state index in [0.29, 0.717) is 18.7 Å². The van der Waals surface area contributed by atoms with E-state index in [4.69, 9.17) is 5.73 Å². The molecular weight excluding hydrogens is 328 g/mol. The van der Waals surface area contributed by atoms with Gasteiger partial charge in [0, 0.05) is 18.7 Å². The van der Waals surface area contributed by atoms with Crippen molar-refractivity contribution in [1.29, 1.82) is 0 Å². The lowest BCUT2D eigenvalue weighted by Crippen LogP contribution is -2.44. The van der Waals surface area contributed by atoms with Crippen molar-refractivity contribution in [2.75, 3.05) is 13.1 Å². The Bertz CT molecular complexity index is 979. The van der Waals surface area contributed by atoms with Gasteiger partial charge in [0.05, 0.1) is 23.3 Å². The number of nitrogens with zero attached hydrogens (tertiary/aromatic N) is 2. The zero-order valence-corrected chi connectivity index (χ0v) is 14.3. The molecule has 1 unspecified atom stereocenters. The van der Waals surface area contributed by atoms with Gasteiger partial charge < -0.3 is 15.6 Å². The van der Waals surface area contributed by atoms with Gasteiger partial charge in [-0.3, -0.25) is 9.59 Å². The summed E-state index contributed by atoms with van der Waals surface area (Å²) >= 11 is 0. The minimum Gasteiger partial charge on any atom is -0.369 e. The van der Waals surface area contributed by atoms with Crippen LogP contribution >= 0.6 is 0 Å². The number of amides is 2. The van der Waals surface area contributed by atoms with Crippen LogP contribution in [0.25, 0.3) is 22.2 Å². The van der Waals surface area contributed by atoms with Gasteiger partial charge >= 0.3 is 0 Å². The minimum absolute atomic E-state index is 0.0552. The minimum atomic E-state index is -0.330. The van der Waals surface area contributed by atoms with E-state index in [9.17, 15) is 9.59 Å². The molecule has 1 saturated heterocycles. The second-order valence-corrected chi connectivity index (χ2v) is 6.71. The van der Waals surface area contributed by atoms with Crippen molar-refractivity contribution in [1.82, 2.24) is 14.9 Å². The van der Waals surface area contributed by atoms with Crippen LogP contribution in [0.5, 0.6) is 0 Å². The van der Waals surface area contributed by atoms with Crippen LogP contribution in [0.4, 0.5) is 0 Å². The molecule has 1 aliphatic heterocycles. The molecule has 1 aliphatic rings. The molecule has 0 aliphatic carbocycles. The largest absolute Gasteiger partial charge is 0.369 e. The van der Waals surface area contributed by atoms with Crippen LogP contribution in [0, 0.1) is 5.92 Å². The molecule has 132 valence electrons. The third kappa shape index (κ3) is 3.06. The number of benzene rings is 2. The molecule has 3 N–H and O–H groups in total. The first-order valence-electron chi connectivity index (χ1n) is 8.74. The van der Waals surface area contributed by atoms with E-state index in [1.165, 1.54) is 0 Å². The molecule has 0 saturated carbocycles. The number of piperidine rings is 1. The molecule has 2 aromatic carbocycles. The molecule has 26 heavy (non-hydrogen) atoms. The van der Waals surface area contributed by atoms with Crippen LogP contribution in [0.3, 0.4) is 0 Å². The van der Waals surface area contributed by atoms with Crippen LogP contribution in [-0.2, 0) is 4.79 Å². The second kappa shape index (κ2) is 6.63. The highest BCUT2D eigenvalue weighted by atomic mass is 16.2. The van der Waals surface area contributed by atoms with Gasteiger partial charge in [0.2, 0.25) is 5.91 Å². The van der Waals surface area contributed by atoms with Crippen molar-refractivity contribution in [2.24, 2.45) is 11.7 Å². The number of nitrogens with two attached hydrogens (primary N) is 1. The molecule has 0 bridgehead atoms. The highest BCUT2D eigenvalue weighted by Gasteiger charge is 2.27. The number of nitrogens with one attached hydrogen (secondary N) is 1. The molecule has 0 spiro atoms. The van der Waals surface area contributed by atoms with Gasteiger partial charge in [0.15, 0.2) is 0 Å². The normalized spacial score (nSPS) is 17.4. The molecule has 1 atom stereocenters. The predicted octanol–water partition coefficient (Wildman–Crippen LogP) is 2.57. The third-order valence-corrected chi connectivity index (χ3v) is 4.97. The van der Waals surface area contributed by atoms with Crippen LogP contribution in [-0.4, -0.2) is 39.8 Å². The van der Waals surface area contributed by atoms with E-state index in [1.807, 2.05) is 42.5 Å². The zero-order chi connectivity index (χ0) is 18.1. The lowest BCUT2D eigenvalue weighted by molar-refractivity contribution is -0.123.